The minimum Gasteiger partial charge on any atom is -0.347 e. The first kappa shape index (κ1) is 21.1. The molecular weight excluding hydrogens is 362 g/mol. The molecule has 0 radical (unpaired) electrons. The molecule has 5 heteroatoms. The Morgan fingerprint density at radius 3 is 2.31 bits per heavy atom. The van der Waals surface area contributed by atoms with E-state index in [0.717, 1.165) is 26.1 Å². The van der Waals surface area contributed by atoms with Crippen molar-refractivity contribution in [1.29, 1.82) is 0 Å². The minimum absolute atomic E-state index is 0.0234. The average molecular weight is 394 g/mol. The first-order valence-corrected chi connectivity index (χ1v) is 10.2. The molecule has 0 spiro atoms. The Morgan fingerprint density at radius 2 is 1.69 bits per heavy atom. The van der Waals surface area contributed by atoms with Gasteiger partial charge < -0.3 is 10.6 Å². The molecule has 3 rings (SSSR count). The minimum atomic E-state index is -0.127. The summed E-state index contributed by atoms with van der Waals surface area (Å²) in [6.45, 7) is 10.7. The van der Waals surface area contributed by atoms with E-state index in [9.17, 15) is 9.59 Å². The summed E-state index contributed by atoms with van der Waals surface area (Å²) in [6, 6.07) is 15.6. The number of nitrogens with one attached hydrogen (secondary N) is 2. The lowest BCUT2D eigenvalue weighted by molar-refractivity contribution is -0.114. The number of carbonyl (C=O) groups excluding carboxylic acids is 2. The Hall–Kier alpha value is -2.66. The predicted molar refractivity (Wildman–Crippen MR) is 117 cm³/mol. The van der Waals surface area contributed by atoms with E-state index in [0.29, 0.717) is 11.3 Å². The highest BCUT2D eigenvalue weighted by Gasteiger charge is 2.29. The lowest BCUT2D eigenvalue weighted by Crippen LogP contribution is -2.51. The van der Waals surface area contributed by atoms with Crippen LogP contribution in [-0.2, 0) is 17.8 Å². The Balaban J connectivity index is 1.66. The summed E-state index contributed by atoms with van der Waals surface area (Å²) in [6.07, 6.45) is 1.05. The third kappa shape index (κ3) is 5.67. The number of hydrogen-bond donors (Lipinski definition) is 2. The van der Waals surface area contributed by atoms with Crippen molar-refractivity contribution in [1.82, 2.24) is 10.2 Å². The van der Waals surface area contributed by atoms with E-state index in [4.69, 9.17) is 0 Å². The molecule has 1 heterocycles. The Morgan fingerprint density at radius 1 is 1.03 bits per heavy atom. The van der Waals surface area contributed by atoms with Gasteiger partial charge in [-0.3, -0.25) is 14.5 Å². The number of fused-ring (bicyclic) bond motifs is 1. The lowest BCUT2D eigenvalue weighted by Gasteiger charge is -2.38. The number of hydrogen-bond acceptors (Lipinski definition) is 3. The number of carbonyl (C=O) groups is 2. The molecule has 5 nitrogen and oxygen atoms in total. The molecule has 1 aliphatic rings. The zero-order chi connectivity index (χ0) is 21.0. The van der Waals surface area contributed by atoms with Crippen LogP contribution in [0.2, 0.25) is 0 Å². The number of benzene rings is 2. The van der Waals surface area contributed by atoms with Crippen molar-refractivity contribution in [3.05, 3.63) is 65.2 Å². The molecule has 154 valence electrons. The fourth-order valence-electron chi connectivity index (χ4n) is 3.65. The SMILES string of the molecule is CC(=O)Nc1ccc(C(=O)NC(CN2CCc3ccccc3C2)C(C)(C)C)cc1. The van der Waals surface area contributed by atoms with Crippen LogP contribution >= 0.6 is 0 Å². The number of nitrogens with zero attached hydrogens (tertiary/aromatic N) is 1. The van der Waals surface area contributed by atoms with E-state index in [1.165, 1.54) is 18.1 Å². The predicted octanol–water partition coefficient (Wildman–Crippen LogP) is 3.85. The highest BCUT2D eigenvalue weighted by molar-refractivity contribution is 5.95. The maximum Gasteiger partial charge on any atom is 0.251 e. The van der Waals surface area contributed by atoms with E-state index in [2.05, 4.69) is 60.6 Å². The van der Waals surface area contributed by atoms with Gasteiger partial charge in [0.05, 0.1) is 0 Å². The van der Waals surface area contributed by atoms with Crippen LogP contribution in [0.25, 0.3) is 0 Å². The Bertz CT molecular complexity index is 868. The molecule has 1 unspecified atom stereocenters. The van der Waals surface area contributed by atoms with Gasteiger partial charge in [0.25, 0.3) is 5.91 Å². The highest BCUT2D eigenvalue weighted by atomic mass is 16.2. The van der Waals surface area contributed by atoms with Gasteiger partial charge in [0.1, 0.15) is 0 Å². The second-order valence-corrected chi connectivity index (χ2v) is 8.90. The summed E-state index contributed by atoms with van der Waals surface area (Å²) in [5, 5.41) is 5.96. The molecule has 0 fully saturated rings. The summed E-state index contributed by atoms with van der Waals surface area (Å²) in [4.78, 5) is 26.4. The zero-order valence-corrected chi connectivity index (χ0v) is 17.8. The van der Waals surface area contributed by atoms with Crippen LogP contribution in [0, 0.1) is 5.41 Å². The van der Waals surface area contributed by atoms with E-state index >= 15 is 0 Å². The van der Waals surface area contributed by atoms with Crippen molar-refractivity contribution in [2.45, 2.75) is 46.7 Å². The summed E-state index contributed by atoms with van der Waals surface area (Å²) >= 11 is 0. The molecule has 2 aromatic carbocycles. The molecule has 1 aliphatic heterocycles. The highest BCUT2D eigenvalue weighted by Crippen LogP contribution is 2.24. The monoisotopic (exact) mass is 393 g/mol. The van der Waals surface area contributed by atoms with Crippen molar-refractivity contribution >= 4 is 17.5 Å². The van der Waals surface area contributed by atoms with Gasteiger partial charge in [0.2, 0.25) is 5.91 Å². The molecule has 2 aromatic rings. The van der Waals surface area contributed by atoms with Crippen LogP contribution in [0.5, 0.6) is 0 Å². The molecule has 0 saturated heterocycles. The number of amides is 2. The Kier molecular flexibility index (Phi) is 6.38. The van der Waals surface area contributed by atoms with Crippen LogP contribution < -0.4 is 10.6 Å². The van der Waals surface area contributed by atoms with Gasteiger partial charge in [-0.15, -0.1) is 0 Å². The maximum absolute atomic E-state index is 12.9. The van der Waals surface area contributed by atoms with Crippen molar-refractivity contribution in [2.75, 3.05) is 18.4 Å². The lowest BCUT2D eigenvalue weighted by atomic mass is 9.85. The van der Waals surface area contributed by atoms with Crippen molar-refractivity contribution < 1.29 is 9.59 Å². The van der Waals surface area contributed by atoms with Gasteiger partial charge in [-0.1, -0.05) is 45.0 Å². The van der Waals surface area contributed by atoms with Crippen LogP contribution in [0.1, 0.15) is 49.2 Å². The van der Waals surface area contributed by atoms with Crippen molar-refractivity contribution in [2.24, 2.45) is 5.41 Å². The molecule has 2 amide bonds. The second kappa shape index (κ2) is 8.78. The van der Waals surface area contributed by atoms with Crippen molar-refractivity contribution in [3.63, 3.8) is 0 Å². The van der Waals surface area contributed by atoms with Gasteiger partial charge in [-0.05, 0) is 47.2 Å². The largest absolute Gasteiger partial charge is 0.347 e. The quantitative estimate of drug-likeness (QED) is 0.811. The van der Waals surface area contributed by atoms with Gasteiger partial charge in [-0.2, -0.15) is 0 Å². The smallest absolute Gasteiger partial charge is 0.251 e. The van der Waals surface area contributed by atoms with E-state index in [-0.39, 0.29) is 23.3 Å². The van der Waals surface area contributed by atoms with Gasteiger partial charge in [0.15, 0.2) is 0 Å². The van der Waals surface area contributed by atoms with Crippen LogP contribution in [0.4, 0.5) is 5.69 Å². The molecular formula is C24H31N3O2. The summed E-state index contributed by atoms with van der Waals surface area (Å²) in [7, 11) is 0. The summed E-state index contributed by atoms with van der Waals surface area (Å²) in [5.74, 6) is -0.213. The maximum atomic E-state index is 12.9. The first-order chi connectivity index (χ1) is 13.7. The van der Waals surface area contributed by atoms with Crippen LogP contribution in [-0.4, -0.2) is 35.8 Å². The van der Waals surface area contributed by atoms with Crippen LogP contribution in [0.15, 0.2) is 48.5 Å². The summed E-state index contributed by atoms with van der Waals surface area (Å²) in [5.41, 5.74) is 4.03. The van der Waals surface area contributed by atoms with Crippen molar-refractivity contribution in [3.8, 4) is 0 Å². The molecule has 0 aromatic heterocycles. The third-order valence-electron chi connectivity index (χ3n) is 5.47. The third-order valence-corrected chi connectivity index (χ3v) is 5.47. The number of rotatable bonds is 5. The van der Waals surface area contributed by atoms with Crippen LogP contribution in [0.3, 0.4) is 0 Å². The normalized spacial score (nSPS) is 15.3. The van der Waals surface area contributed by atoms with Gasteiger partial charge in [0, 0.05) is 43.9 Å². The fourth-order valence-corrected chi connectivity index (χ4v) is 3.65. The fraction of sp³-hybridized carbons (Fsp3) is 0.417. The second-order valence-electron chi connectivity index (χ2n) is 8.90. The van der Waals surface area contributed by atoms with E-state index < -0.39 is 0 Å². The van der Waals surface area contributed by atoms with Gasteiger partial charge >= 0.3 is 0 Å². The van der Waals surface area contributed by atoms with Gasteiger partial charge in [-0.25, -0.2) is 0 Å². The Labute approximate surface area is 173 Å². The molecule has 2 N–H and O–H groups in total. The van der Waals surface area contributed by atoms with E-state index in [1.807, 2.05) is 0 Å². The molecule has 0 aliphatic carbocycles. The standard InChI is InChI=1S/C24H31N3O2/c1-17(28)25-21-11-9-19(10-12-21)23(29)26-22(24(2,3)4)16-27-14-13-18-7-5-6-8-20(18)15-27/h5-12,22H,13-16H2,1-4H3,(H,25,28)(H,26,29). The molecule has 1 atom stereocenters. The first-order valence-electron chi connectivity index (χ1n) is 10.2. The zero-order valence-electron chi connectivity index (χ0n) is 17.8. The average Bonchev–Trinajstić information content (AvgIpc) is 2.66. The summed E-state index contributed by atoms with van der Waals surface area (Å²) < 4.78 is 0. The number of anilines is 1. The molecule has 0 bridgehead atoms. The molecule has 0 saturated carbocycles. The van der Waals surface area contributed by atoms with E-state index in [1.54, 1.807) is 24.3 Å². The molecule has 29 heavy (non-hydrogen) atoms. The topological polar surface area (TPSA) is 61.4 Å².